The highest BCUT2D eigenvalue weighted by atomic mass is 32.2. The lowest BCUT2D eigenvalue weighted by Gasteiger charge is -2.37. The molecule has 40 heavy (non-hydrogen) atoms. The van der Waals surface area contributed by atoms with Crippen LogP contribution in [0.15, 0.2) is 34.7 Å². The van der Waals surface area contributed by atoms with Gasteiger partial charge in [-0.15, -0.1) is 11.3 Å². The Morgan fingerprint density at radius 2 is 1.88 bits per heavy atom. The van der Waals surface area contributed by atoms with Gasteiger partial charge in [-0.05, 0) is 68.9 Å². The second-order valence-electron chi connectivity index (χ2n) is 11.5. The number of benzene rings is 2. The van der Waals surface area contributed by atoms with Gasteiger partial charge in [-0.3, -0.25) is 0 Å². The van der Waals surface area contributed by atoms with Crippen molar-refractivity contribution in [1.82, 2.24) is 4.98 Å². The number of aromatic carboxylic acids is 1. The van der Waals surface area contributed by atoms with Crippen molar-refractivity contribution in [2.45, 2.75) is 77.3 Å². The first kappa shape index (κ1) is 30.1. The molecule has 1 fully saturated rings. The van der Waals surface area contributed by atoms with Gasteiger partial charge in [-0.25, -0.2) is 18.6 Å². The van der Waals surface area contributed by atoms with Crippen molar-refractivity contribution in [2.75, 3.05) is 11.8 Å². The van der Waals surface area contributed by atoms with Gasteiger partial charge in [-0.2, -0.15) is 0 Å². The number of carboxylic acids is 1. The van der Waals surface area contributed by atoms with E-state index >= 15 is 4.39 Å². The van der Waals surface area contributed by atoms with Crippen LogP contribution in [-0.4, -0.2) is 29.3 Å². The van der Waals surface area contributed by atoms with Gasteiger partial charge in [0.25, 0.3) is 0 Å². The number of hydrogen-bond acceptors (Lipinski definition) is 7. The topological polar surface area (TPSA) is 80.7 Å². The molecule has 1 saturated carbocycles. The van der Waals surface area contributed by atoms with Crippen molar-refractivity contribution in [2.24, 2.45) is 11.3 Å². The molecule has 2 aromatic carbocycles. The highest BCUT2D eigenvalue weighted by Gasteiger charge is 2.32. The molecule has 0 unspecified atom stereocenters. The SMILES string of the molecule is COc1cc(C(=O)O)c(F)cc1NSc1csc(-c2ccc(C3CCC(C(C)(C)C)CC3)c(OC(C)C)c2F)n1. The van der Waals surface area contributed by atoms with Crippen LogP contribution in [0.5, 0.6) is 11.5 Å². The lowest BCUT2D eigenvalue weighted by molar-refractivity contribution is 0.0691. The zero-order valence-electron chi connectivity index (χ0n) is 23.6. The molecule has 0 radical (unpaired) electrons. The number of methoxy groups -OCH3 is 1. The largest absolute Gasteiger partial charge is 0.495 e. The van der Waals surface area contributed by atoms with Crippen molar-refractivity contribution in [1.29, 1.82) is 0 Å². The molecule has 0 aliphatic heterocycles. The van der Waals surface area contributed by atoms with Gasteiger partial charge in [0.1, 0.15) is 21.6 Å². The molecule has 3 aromatic rings. The Labute approximate surface area is 242 Å². The molecule has 0 amide bonds. The summed E-state index contributed by atoms with van der Waals surface area (Å²) in [6.07, 6.45) is 4.08. The third-order valence-corrected chi connectivity index (χ3v) is 9.14. The number of carboxylic acid groups (broad SMARTS) is 1. The Morgan fingerprint density at radius 1 is 1.18 bits per heavy atom. The number of aromatic nitrogens is 1. The number of rotatable bonds is 9. The van der Waals surface area contributed by atoms with E-state index in [-0.39, 0.29) is 28.9 Å². The van der Waals surface area contributed by atoms with Crippen LogP contribution in [0.2, 0.25) is 0 Å². The number of anilines is 1. The average Bonchev–Trinajstić information content (AvgIpc) is 3.36. The molecule has 10 heteroatoms. The molecule has 0 bridgehead atoms. The molecule has 6 nitrogen and oxygen atoms in total. The van der Waals surface area contributed by atoms with Crippen LogP contribution >= 0.6 is 23.3 Å². The van der Waals surface area contributed by atoms with Crippen molar-refractivity contribution >= 4 is 34.9 Å². The fourth-order valence-corrected chi connectivity index (χ4v) is 6.79. The highest BCUT2D eigenvalue weighted by molar-refractivity contribution is 8.00. The van der Waals surface area contributed by atoms with Gasteiger partial charge < -0.3 is 19.3 Å². The lowest BCUT2D eigenvalue weighted by Crippen LogP contribution is -2.25. The van der Waals surface area contributed by atoms with E-state index in [1.54, 1.807) is 11.4 Å². The van der Waals surface area contributed by atoms with Crippen LogP contribution in [-0.2, 0) is 0 Å². The summed E-state index contributed by atoms with van der Waals surface area (Å²) in [6.45, 7) is 10.7. The number of carbonyl (C=O) groups is 1. The second kappa shape index (κ2) is 12.3. The van der Waals surface area contributed by atoms with E-state index in [1.165, 1.54) is 18.4 Å². The number of nitrogens with zero attached hydrogens (tertiary/aromatic N) is 1. The summed E-state index contributed by atoms with van der Waals surface area (Å²) in [7, 11) is 1.37. The van der Waals surface area contributed by atoms with E-state index < -0.39 is 23.2 Å². The monoisotopic (exact) mass is 590 g/mol. The van der Waals surface area contributed by atoms with Crippen molar-refractivity contribution in [3.63, 3.8) is 0 Å². The Morgan fingerprint density at radius 3 is 2.48 bits per heavy atom. The van der Waals surface area contributed by atoms with Gasteiger partial charge >= 0.3 is 5.97 Å². The standard InChI is InChI=1S/C30H36F2N2O4S2/c1-16(2)38-27-19(17-7-9-18(10-8-17)30(3,4)5)11-12-20(26(27)32)28-33-25(15-39-28)40-34-23-14-22(31)21(29(35)36)13-24(23)37-6/h11-18,34H,7-10H2,1-6H3,(H,35,36). The van der Waals surface area contributed by atoms with Crippen LogP contribution in [0.4, 0.5) is 14.5 Å². The molecule has 1 aliphatic carbocycles. The van der Waals surface area contributed by atoms with Crippen molar-refractivity contribution in [3.05, 3.63) is 52.4 Å². The predicted octanol–water partition coefficient (Wildman–Crippen LogP) is 9.02. The Kier molecular flexibility index (Phi) is 9.29. The van der Waals surface area contributed by atoms with E-state index in [4.69, 9.17) is 14.6 Å². The molecule has 1 aromatic heterocycles. The van der Waals surface area contributed by atoms with Crippen LogP contribution in [0.3, 0.4) is 0 Å². The van der Waals surface area contributed by atoms with Crippen molar-refractivity contribution < 1.29 is 28.2 Å². The zero-order valence-corrected chi connectivity index (χ0v) is 25.3. The average molecular weight is 591 g/mol. The highest BCUT2D eigenvalue weighted by Crippen LogP contribution is 2.47. The van der Waals surface area contributed by atoms with Gasteiger partial charge in [-0.1, -0.05) is 26.8 Å². The summed E-state index contributed by atoms with van der Waals surface area (Å²) >= 11 is 2.38. The van der Waals surface area contributed by atoms with Crippen LogP contribution in [0, 0.1) is 23.0 Å². The van der Waals surface area contributed by atoms with Gasteiger partial charge in [0, 0.05) is 29.0 Å². The zero-order chi connectivity index (χ0) is 29.2. The second-order valence-corrected chi connectivity index (χ2v) is 13.1. The van der Waals surface area contributed by atoms with E-state index in [1.807, 2.05) is 19.9 Å². The van der Waals surface area contributed by atoms with E-state index in [0.29, 0.717) is 27.3 Å². The Bertz CT molecular complexity index is 1360. The lowest BCUT2D eigenvalue weighted by atomic mass is 9.68. The first-order valence-corrected chi connectivity index (χ1v) is 15.1. The fourth-order valence-electron chi connectivity index (χ4n) is 5.19. The van der Waals surface area contributed by atoms with Gasteiger partial charge in [0.15, 0.2) is 11.6 Å². The third-order valence-electron chi connectivity index (χ3n) is 7.37. The Balaban J connectivity index is 1.55. The molecular formula is C30H36F2N2O4S2. The molecule has 1 heterocycles. The molecule has 0 saturated heterocycles. The molecule has 0 atom stereocenters. The summed E-state index contributed by atoms with van der Waals surface area (Å²) in [5.74, 6) is -1.27. The maximum absolute atomic E-state index is 16.0. The summed E-state index contributed by atoms with van der Waals surface area (Å²) in [5, 5.41) is 12.0. The summed E-state index contributed by atoms with van der Waals surface area (Å²) < 4.78 is 44.5. The summed E-state index contributed by atoms with van der Waals surface area (Å²) in [4.78, 5) is 15.8. The van der Waals surface area contributed by atoms with Gasteiger partial charge in [0.2, 0.25) is 0 Å². The minimum Gasteiger partial charge on any atom is -0.495 e. The third kappa shape index (κ3) is 6.71. The molecule has 0 spiro atoms. The summed E-state index contributed by atoms with van der Waals surface area (Å²) in [5.41, 5.74) is 1.34. The smallest absolute Gasteiger partial charge is 0.338 e. The first-order chi connectivity index (χ1) is 18.9. The first-order valence-electron chi connectivity index (χ1n) is 13.4. The van der Waals surface area contributed by atoms with Crippen molar-refractivity contribution in [3.8, 4) is 22.1 Å². The quantitative estimate of drug-likeness (QED) is 0.241. The van der Waals surface area contributed by atoms with Crippen LogP contribution < -0.4 is 14.2 Å². The van der Waals surface area contributed by atoms with Crippen LogP contribution in [0.25, 0.3) is 10.6 Å². The minimum atomic E-state index is -1.38. The number of thiazole rings is 1. The normalized spacial score (nSPS) is 17.6. The van der Waals surface area contributed by atoms with Crippen LogP contribution in [0.1, 0.15) is 82.1 Å². The predicted molar refractivity (Wildman–Crippen MR) is 157 cm³/mol. The minimum absolute atomic E-state index is 0.176. The summed E-state index contributed by atoms with van der Waals surface area (Å²) in [6, 6.07) is 5.96. The number of ether oxygens (including phenoxy) is 2. The molecule has 1 aliphatic rings. The van der Waals surface area contributed by atoms with E-state index in [2.05, 4.69) is 30.5 Å². The van der Waals surface area contributed by atoms with E-state index in [9.17, 15) is 9.18 Å². The fraction of sp³-hybridized carbons (Fsp3) is 0.467. The molecule has 2 N–H and O–H groups in total. The van der Waals surface area contributed by atoms with Gasteiger partial charge in [0.05, 0.1) is 30.0 Å². The molecular weight excluding hydrogens is 554 g/mol. The van der Waals surface area contributed by atoms with E-state index in [0.717, 1.165) is 55.3 Å². The number of hydrogen-bond donors (Lipinski definition) is 2. The number of nitrogens with one attached hydrogen (secondary N) is 1. The molecule has 4 rings (SSSR count). The maximum atomic E-state index is 16.0. The maximum Gasteiger partial charge on any atom is 0.338 e. The number of halogens is 2. The molecule has 216 valence electrons. The Hall–Kier alpha value is -2.85.